The molecule has 0 aliphatic carbocycles. The second kappa shape index (κ2) is 7.16. The third kappa shape index (κ3) is 4.49. The van der Waals surface area contributed by atoms with Gasteiger partial charge < -0.3 is 15.8 Å². The molecule has 0 aliphatic rings. The average molecular weight is 258 g/mol. The minimum atomic E-state index is -0.932. The Labute approximate surface area is 106 Å². The molecule has 0 amide bonds. The Hall–Kier alpha value is -1.36. The van der Waals surface area contributed by atoms with Crippen molar-refractivity contribution >= 4 is 11.4 Å². The molecule has 0 unspecified atom stereocenters. The van der Waals surface area contributed by atoms with Crippen molar-refractivity contribution in [2.75, 3.05) is 30.8 Å². The van der Waals surface area contributed by atoms with E-state index in [4.69, 9.17) is 10.5 Å². The molecule has 0 aliphatic heterocycles. The van der Waals surface area contributed by atoms with E-state index in [-0.39, 0.29) is 11.4 Å². The van der Waals surface area contributed by atoms with E-state index in [1.807, 2.05) is 0 Å². The van der Waals surface area contributed by atoms with Crippen molar-refractivity contribution < 1.29 is 13.5 Å². The summed E-state index contributed by atoms with van der Waals surface area (Å²) in [5.74, 6) is -1.34. The highest BCUT2D eigenvalue weighted by Crippen LogP contribution is 2.24. The molecule has 5 heteroatoms. The molecule has 0 atom stereocenters. The molecule has 0 saturated heterocycles. The third-order valence-corrected chi connectivity index (χ3v) is 2.35. The van der Waals surface area contributed by atoms with Gasteiger partial charge in [0.25, 0.3) is 0 Å². The van der Waals surface area contributed by atoms with Crippen molar-refractivity contribution in [1.82, 2.24) is 0 Å². The van der Waals surface area contributed by atoms with Gasteiger partial charge in [-0.15, -0.1) is 0 Å². The Bertz CT molecular complexity index is 383. The van der Waals surface area contributed by atoms with E-state index in [0.717, 1.165) is 6.07 Å². The lowest BCUT2D eigenvalue weighted by Crippen LogP contribution is -2.11. The lowest BCUT2D eigenvalue weighted by molar-refractivity contribution is 0.110. The number of hydrogen-bond acceptors (Lipinski definition) is 3. The van der Waals surface area contributed by atoms with Gasteiger partial charge in [-0.2, -0.15) is 0 Å². The van der Waals surface area contributed by atoms with Gasteiger partial charge in [-0.1, -0.05) is 13.8 Å². The smallest absolute Gasteiger partial charge is 0.183 e. The lowest BCUT2D eigenvalue weighted by atomic mass is 10.2. The zero-order valence-electron chi connectivity index (χ0n) is 10.8. The van der Waals surface area contributed by atoms with E-state index in [1.54, 1.807) is 0 Å². The maximum absolute atomic E-state index is 13.4. The summed E-state index contributed by atoms with van der Waals surface area (Å²) in [6.45, 7) is 5.92. The van der Waals surface area contributed by atoms with Crippen molar-refractivity contribution in [3.8, 4) is 0 Å². The molecular weight excluding hydrogens is 238 g/mol. The van der Waals surface area contributed by atoms with Gasteiger partial charge in [-0.25, -0.2) is 8.78 Å². The SMILES string of the molecule is CC(C)COCCCNc1c(N)ccc(F)c1F. The maximum Gasteiger partial charge on any atom is 0.183 e. The average Bonchev–Trinajstić information content (AvgIpc) is 2.32. The minimum Gasteiger partial charge on any atom is -0.397 e. The molecule has 0 spiro atoms. The first-order chi connectivity index (χ1) is 8.52. The first-order valence-corrected chi connectivity index (χ1v) is 6.07. The molecular formula is C13H20F2N2O. The summed E-state index contributed by atoms with van der Waals surface area (Å²) in [4.78, 5) is 0. The molecule has 102 valence electrons. The summed E-state index contributed by atoms with van der Waals surface area (Å²) in [7, 11) is 0. The van der Waals surface area contributed by atoms with Gasteiger partial charge in [0.1, 0.15) is 0 Å². The van der Waals surface area contributed by atoms with Crippen LogP contribution in [0.2, 0.25) is 0 Å². The number of benzene rings is 1. The fourth-order valence-corrected chi connectivity index (χ4v) is 1.45. The Morgan fingerprint density at radius 3 is 2.72 bits per heavy atom. The van der Waals surface area contributed by atoms with E-state index in [0.29, 0.717) is 32.1 Å². The summed E-state index contributed by atoms with van der Waals surface area (Å²) in [5, 5.41) is 2.79. The molecule has 3 nitrogen and oxygen atoms in total. The van der Waals surface area contributed by atoms with Crippen LogP contribution in [0.25, 0.3) is 0 Å². The number of anilines is 2. The summed E-state index contributed by atoms with van der Waals surface area (Å²) >= 11 is 0. The number of rotatable bonds is 7. The number of hydrogen-bond donors (Lipinski definition) is 2. The normalized spacial score (nSPS) is 10.9. The molecule has 3 N–H and O–H groups in total. The van der Waals surface area contributed by atoms with E-state index < -0.39 is 11.6 Å². The number of halogens is 2. The van der Waals surface area contributed by atoms with Gasteiger partial charge in [0, 0.05) is 19.8 Å². The van der Waals surface area contributed by atoms with Crippen LogP contribution in [0.3, 0.4) is 0 Å². The van der Waals surface area contributed by atoms with Gasteiger partial charge in [0.15, 0.2) is 11.6 Å². The van der Waals surface area contributed by atoms with Crippen molar-refractivity contribution in [3.63, 3.8) is 0 Å². The highest BCUT2D eigenvalue weighted by Gasteiger charge is 2.10. The molecule has 0 radical (unpaired) electrons. The van der Waals surface area contributed by atoms with Crippen LogP contribution in [0.4, 0.5) is 20.2 Å². The van der Waals surface area contributed by atoms with E-state index in [1.165, 1.54) is 6.07 Å². The summed E-state index contributed by atoms with van der Waals surface area (Å²) in [6.07, 6.45) is 0.710. The largest absolute Gasteiger partial charge is 0.397 e. The molecule has 0 bridgehead atoms. The maximum atomic E-state index is 13.4. The monoisotopic (exact) mass is 258 g/mol. The molecule has 1 aromatic carbocycles. The Morgan fingerprint density at radius 2 is 2.06 bits per heavy atom. The number of nitrogens with two attached hydrogens (primary N) is 1. The molecule has 1 aromatic rings. The number of ether oxygens (including phenoxy) is 1. The van der Waals surface area contributed by atoms with Gasteiger partial charge >= 0.3 is 0 Å². The van der Waals surface area contributed by atoms with Crippen molar-refractivity contribution in [2.45, 2.75) is 20.3 Å². The molecule has 0 aromatic heterocycles. The first kappa shape index (κ1) is 14.7. The second-order valence-corrected chi connectivity index (χ2v) is 4.57. The predicted octanol–water partition coefficient (Wildman–Crippen LogP) is 3.02. The second-order valence-electron chi connectivity index (χ2n) is 4.57. The lowest BCUT2D eigenvalue weighted by Gasteiger charge is -2.11. The Balaban J connectivity index is 2.33. The fraction of sp³-hybridized carbons (Fsp3) is 0.538. The zero-order valence-corrected chi connectivity index (χ0v) is 10.8. The molecule has 1 rings (SSSR count). The van der Waals surface area contributed by atoms with Crippen molar-refractivity contribution in [1.29, 1.82) is 0 Å². The minimum absolute atomic E-state index is 0.0267. The standard InChI is InChI=1S/C13H20F2N2O/c1-9(2)8-18-7-3-6-17-13-11(16)5-4-10(14)12(13)15/h4-5,9,17H,3,6-8,16H2,1-2H3. The molecule has 0 saturated carbocycles. The van der Waals surface area contributed by atoms with Gasteiger partial charge in [-0.3, -0.25) is 0 Å². The summed E-state index contributed by atoms with van der Waals surface area (Å²) in [6, 6.07) is 2.36. The van der Waals surface area contributed by atoms with Crippen LogP contribution in [0.5, 0.6) is 0 Å². The number of nitrogen functional groups attached to an aromatic ring is 1. The third-order valence-electron chi connectivity index (χ3n) is 2.35. The Kier molecular flexibility index (Phi) is 5.85. The van der Waals surface area contributed by atoms with E-state index in [9.17, 15) is 8.78 Å². The van der Waals surface area contributed by atoms with E-state index in [2.05, 4.69) is 19.2 Å². The van der Waals surface area contributed by atoms with Crippen LogP contribution in [0, 0.1) is 17.6 Å². The van der Waals surface area contributed by atoms with E-state index >= 15 is 0 Å². The van der Waals surface area contributed by atoms with Crippen LogP contribution in [0.1, 0.15) is 20.3 Å². The van der Waals surface area contributed by atoms with Gasteiger partial charge in [-0.05, 0) is 24.5 Å². The number of nitrogens with one attached hydrogen (secondary N) is 1. The van der Waals surface area contributed by atoms with Crippen molar-refractivity contribution in [2.24, 2.45) is 5.92 Å². The predicted molar refractivity (Wildman–Crippen MR) is 69.5 cm³/mol. The molecule has 18 heavy (non-hydrogen) atoms. The van der Waals surface area contributed by atoms with Crippen molar-refractivity contribution in [3.05, 3.63) is 23.8 Å². The van der Waals surface area contributed by atoms with Gasteiger partial charge in [0.2, 0.25) is 0 Å². The zero-order chi connectivity index (χ0) is 13.5. The topological polar surface area (TPSA) is 47.3 Å². The highest BCUT2D eigenvalue weighted by molar-refractivity contribution is 5.66. The first-order valence-electron chi connectivity index (χ1n) is 6.07. The van der Waals surface area contributed by atoms with Crippen LogP contribution < -0.4 is 11.1 Å². The van der Waals surface area contributed by atoms with Crippen LogP contribution >= 0.6 is 0 Å². The Morgan fingerprint density at radius 1 is 1.33 bits per heavy atom. The molecule has 0 heterocycles. The summed E-state index contributed by atoms with van der Waals surface area (Å²) < 4.78 is 31.8. The molecule has 0 fully saturated rings. The fourth-order valence-electron chi connectivity index (χ4n) is 1.45. The van der Waals surface area contributed by atoms with Gasteiger partial charge in [0.05, 0.1) is 11.4 Å². The van der Waals surface area contributed by atoms with Crippen LogP contribution in [-0.2, 0) is 4.74 Å². The summed E-state index contributed by atoms with van der Waals surface area (Å²) in [5.41, 5.74) is 5.80. The van der Waals surface area contributed by atoms with Crippen LogP contribution in [0.15, 0.2) is 12.1 Å². The highest BCUT2D eigenvalue weighted by atomic mass is 19.2. The quantitative estimate of drug-likeness (QED) is 0.584. The van der Waals surface area contributed by atoms with Crippen LogP contribution in [-0.4, -0.2) is 19.8 Å².